The summed E-state index contributed by atoms with van der Waals surface area (Å²) in [5.41, 5.74) is 8.79. The van der Waals surface area contributed by atoms with Crippen molar-refractivity contribution in [3.05, 3.63) is 28.8 Å². The zero-order valence-corrected chi connectivity index (χ0v) is 10.2. The highest BCUT2D eigenvalue weighted by Crippen LogP contribution is 2.33. The molecule has 17 heavy (non-hydrogen) atoms. The summed E-state index contributed by atoms with van der Waals surface area (Å²) in [6.07, 6.45) is 2.13. The average molecular weight is 235 g/mol. The average Bonchev–Trinajstić information content (AvgIpc) is 2.81. The van der Waals surface area contributed by atoms with Crippen LogP contribution in [-0.2, 0) is 9.47 Å². The fraction of sp³-hybridized carbons (Fsp3) is 0.462. The third-order valence-electron chi connectivity index (χ3n) is 3.12. The van der Waals surface area contributed by atoms with Crippen LogP contribution in [0.25, 0.3) is 0 Å². The van der Waals surface area contributed by atoms with Gasteiger partial charge in [0.15, 0.2) is 0 Å². The molecule has 1 aromatic rings. The Bertz CT molecular complexity index is 437. The molecule has 0 radical (unpaired) electrons. The first-order valence-corrected chi connectivity index (χ1v) is 5.73. The van der Waals surface area contributed by atoms with Crippen molar-refractivity contribution in [2.24, 2.45) is 0 Å². The summed E-state index contributed by atoms with van der Waals surface area (Å²) in [5.74, 6) is -0.401. The number of hydrogen-bond donors (Lipinski definition) is 1. The Balaban J connectivity index is 2.41. The number of nitrogen functional groups attached to an aromatic ring is 1. The van der Waals surface area contributed by atoms with Gasteiger partial charge in [0.05, 0.1) is 18.8 Å². The molecule has 2 N–H and O–H groups in total. The van der Waals surface area contributed by atoms with Crippen LogP contribution in [0.3, 0.4) is 0 Å². The van der Waals surface area contributed by atoms with Gasteiger partial charge in [-0.05, 0) is 43.0 Å². The van der Waals surface area contributed by atoms with Crippen molar-refractivity contribution in [1.82, 2.24) is 0 Å². The Morgan fingerprint density at radius 2 is 2.29 bits per heavy atom. The quantitative estimate of drug-likeness (QED) is 0.630. The molecule has 0 amide bonds. The minimum absolute atomic E-state index is 0.0824. The maximum Gasteiger partial charge on any atom is 0.339 e. The Labute approximate surface area is 101 Å². The minimum Gasteiger partial charge on any atom is -0.465 e. The van der Waals surface area contributed by atoms with E-state index in [9.17, 15) is 4.79 Å². The van der Waals surface area contributed by atoms with E-state index < -0.39 is 5.97 Å². The third-order valence-corrected chi connectivity index (χ3v) is 3.12. The predicted octanol–water partition coefficient (Wildman–Crippen LogP) is 2.22. The summed E-state index contributed by atoms with van der Waals surface area (Å²) in [4.78, 5) is 11.6. The molecule has 0 bridgehead atoms. The molecule has 92 valence electrons. The van der Waals surface area contributed by atoms with Gasteiger partial charge in [0.1, 0.15) is 0 Å². The summed E-state index contributed by atoms with van der Waals surface area (Å²) >= 11 is 0. The van der Waals surface area contributed by atoms with Gasteiger partial charge in [-0.15, -0.1) is 0 Å². The van der Waals surface area contributed by atoms with E-state index in [4.69, 9.17) is 15.2 Å². The second-order valence-corrected chi connectivity index (χ2v) is 4.29. The lowest BCUT2D eigenvalue weighted by Gasteiger charge is -2.15. The largest absolute Gasteiger partial charge is 0.465 e. The molecule has 4 nitrogen and oxygen atoms in total. The third kappa shape index (κ3) is 2.26. The van der Waals surface area contributed by atoms with Crippen LogP contribution in [0.4, 0.5) is 5.69 Å². The van der Waals surface area contributed by atoms with Gasteiger partial charge in [-0.3, -0.25) is 0 Å². The van der Waals surface area contributed by atoms with Crippen molar-refractivity contribution in [3.8, 4) is 0 Å². The number of methoxy groups -OCH3 is 1. The smallest absolute Gasteiger partial charge is 0.339 e. The van der Waals surface area contributed by atoms with E-state index in [1.165, 1.54) is 7.11 Å². The predicted molar refractivity (Wildman–Crippen MR) is 64.9 cm³/mol. The van der Waals surface area contributed by atoms with Gasteiger partial charge in [0.2, 0.25) is 0 Å². The number of anilines is 1. The molecule has 0 saturated carbocycles. The standard InChI is InChI=1S/C13H17NO3/c1-8-6-11(14)10(13(15)16-2)7-9(8)12-4-3-5-17-12/h6-7,12H,3-5,14H2,1-2H3. The van der Waals surface area contributed by atoms with E-state index in [1.807, 2.05) is 13.0 Å². The lowest BCUT2D eigenvalue weighted by Crippen LogP contribution is -2.09. The highest BCUT2D eigenvalue weighted by atomic mass is 16.5. The summed E-state index contributed by atoms with van der Waals surface area (Å²) < 4.78 is 10.3. The normalized spacial score (nSPS) is 19.3. The summed E-state index contributed by atoms with van der Waals surface area (Å²) in [5, 5.41) is 0. The monoisotopic (exact) mass is 235 g/mol. The van der Waals surface area contributed by atoms with Gasteiger partial charge in [0, 0.05) is 12.3 Å². The highest BCUT2D eigenvalue weighted by molar-refractivity contribution is 5.95. The second kappa shape index (κ2) is 4.75. The maximum atomic E-state index is 11.6. The number of nitrogens with two attached hydrogens (primary N) is 1. The summed E-state index contributed by atoms with van der Waals surface area (Å²) in [7, 11) is 1.35. The molecule has 1 saturated heterocycles. The molecule has 0 spiro atoms. The van der Waals surface area contributed by atoms with Crippen molar-refractivity contribution in [2.75, 3.05) is 19.5 Å². The van der Waals surface area contributed by atoms with Crippen LogP contribution in [0.5, 0.6) is 0 Å². The lowest BCUT2D eigenvalue weighted by atomic mass is 9.97. The number of carbonyl (C=O) groups excluding carboxylic acids is 1. The zero-order chi connectivity index (χ0) is 12.4. The molecule has 1 aliphatic rings. The van der Waals surface area contributed by atoms with Crippen LogP contribution in [0.2, 0.25) is 0 Å². The minimum atomic E-state index is -0.401. The fourth-order valence-corrected chi connectivity index (χ4v) is 2.20. The lowest BCUT2D eigenvalue weighted by molar-refractivity contribution is 0.0601. The van der Waals surface area contributed by atoms with Crippen LogP contribution in [-0.4, -0.2) is 19.7 Å². The zero-order valence-electron chi connectivity index (χ0n) is 10.2. The molecule has 2 rings (SSSR count). The van der Waals surface area contributed by atoms with E-state index in [2.05, 4.69) is 0 Å². The topological polar surface area (TPSA) is 61.5 Å². The van der Waals surface area contributed by atoms with Gasteiger partial charge in [0.25, 0.3) is 0 Å². The van der Waals surface area contributed by atoms with Gasteiger partial charge >= 0.3 is 5.97 Å². The van der Waals surface area contributed by atoms with Crippen molar-refractivity contribution in [2.45, 2.75) is 25.9 Å². The highest BCUT2D eigenvalue weighted by Gasteiger charge is 2.22. The number of benzene rings is 1. The molecule has 1 fully saturated rings. The Morgan fingerprint density at radius 3 is 2.88 bits per heavy atom. The van der Waals surface area contributed by atoms with Gasteiger partial charge in [-0.2, -0.15) is 0 Å². The fourth-order valence-electron chi connectivity index (χ4n) is 2.20. The van der Waals surface area contributed by atoms with Gasteiger partial charge < -0.3 is 15.2 Å². The van der Waals surface area contributed by atoms with Crippen molar-refractivity contribution < 1.29 is 14.3 Å². The maximum absolute atomic E-state index is 11.6. The first-order chi connectivity index (χ1) is 8.13. The van der Waals surface area contributed by atoms with Crippen molar-refractivity contribution in [1.29, 1.82) is 0 Å². The molecule has 0 aromatic heterocycles. The van der Waals surface area contributed by atoms with E-state index in [0.717, 1.165) is 30.6 Å². The van der Waals surface area contributed by atoms with Crippen molar-refractivity contribution in [3.63, 3.8) is 0 Å². The van der Waals surface area contributed by atoms with Gasteiger partial charge in [-0.1, -0.05) is 0 Å². The molecule has 1 unspecified atom stereocenters. The first kappa shape index (κ1) is 11.9. The van der Waals surface area contributed by atoms with E-state index in [0.29, 0.717) is 11.3 Å². The Hall–Kier alpha value is -1.55. The number of esters is 1. The van der Waals surface area contributed by atoms with Crippen LogP contribution < -0.4 is 5.73 Å². The Morgan fingerprint density at radius 1 is 1.53 bits per heavy atom. The number of aryl methyl sites for hydroxylation is 1. The molecule has 1 atom stereocenters. The number of carbonyl (C=O) groups is 1. The molecular weight excluding hydrogens is 218 g/mol. The van der Waals surface area contributed by atoms with Crippen LogP contribution >= 0.6 is 0 Å². The molecule has 1 heterocycles. The summed E-state index contributed by atoms with van der Waals surface area (Å²) in [6.45, 7) is 2.76. The first-order valence-electron chi connectivity index (χ1n) is 5.73. The molecule has 4 heteroatoms. The van der Waals surface area contributed by atoms with E-state index in [1.54, 1.807) is 6.07 Å². The van der Waals surface area contributed by atoms with Crippen LogP contribution in [0.15, 0.2) is 12.1 Å². The molecular formula is C13H17NO3. The van der Waals surface area contributed by atoms with Crippen LogP contribution in [0.1, 0.15) is 40.4 Å². The van der Waals surface area contributed by atoms with Gasteiger partial charge in [-0.25, -0.2) is 4.79 Å². The molecule has 1 aromatic carbocycles. The van der Waals surface area contributed by atoms with Crippen LogP contribution in [0, 0.1) is 6.92 Å². The SMILES string of the molecule is COC(=O)c1cc(C2CCCO2)c(C)cc1N. The summed E-state index contributed by atoms with van der Waals surface area (Å²) in [6, 6.07) is 3.61. The molecule has 0 aliphatic carbocycles. The van der Waals surface area contributed by atoms with E-state index in [-0.39, 0.29) is 6.10 Å². The Kier molecular flexibility index (Phi) is 3.33. The second-order valence-electron chi connectivity index (χ2n) is 4.29. The van der Waals surface area contributed by atoms with E-state index >= 15 is 0 Å². The number of hydrogen-bond acceptors (Lipinski definition) is 4. The van der Waals surface area contributed by atoms with Crippen molar-refractivity contribution >= 4 is 11.7 Å². The number of rotatable bonds is 2. The number of ether oxygens (including phenoxy) is 2. The molecule has 1 aliphatic heterocycles.